The number of carbonyl (C=O) groups excluding carboxylic acids is 6. The van der Waals surface area contributed by atoms with E-state index in [1.807, 2.05) is 18.2 Å². The second kappa shape index (κ2) is 30.1. The fraction of sp³-hybridized carbons (Fsp3) is 0.723. The van der Waals surface area contributed by atoms with Crippen molar-refractivity contribution in [3.05, 3.63) is 71.8 Å². The van der Waals surface area contributed by atoms with Gasteiger partial charge in [0.05, 0.1) is 26.7 Å². The number of esters is 1. The average molecular weight is 1250 g/mol. The second-order valence-electron chi connectivity index (χ2n) is 26.1. The Balaban J connectivity index is 0.000000218. The Morgan fingerprint density at radius 2 is 0.988 bits per heavy atom. The SMILES string of the molecule is C[C@H](CCI)[C@H]1CCC2C3C(CC[C@@]21C)[C@@]1(C)CC[C@@H](OC=O)CC1C[C@H]3OC=O.C[C@H](CCOC(=O)c1ccccc1)[C@H]1CCC2C3C(CC[C@@]21C)[C@@]1(C)CC[C@@H](OC=O)CC1C[C@H]3OC=O.O=C([O-])c1ccccc1.[2H]CF.[K+]. The fourth-order valence-corrected chi connectivity index (χ4v) is 20.2. The first-order chi connectivity index (χ1) is 38.4. The van der Waals surface area contributed by atoms with Gasteiger partial charge in [0, 0.05) is 11.8 Å². The van der Waals surface area contributed by atoms with Gasteiger partial charge in [-0.1, -0.05) is 113 Å². The van der Waals surface area contributed by atoms with Crippen LogP contribution in [0.1, 0.15) is 179 Å². The van der Waals surface area contributed by atoms with Gasteiger partial charge < -0.3 is 33.6 Å². The molecule has 15 heteroatoms. The first-order valence-electron chi connectivity index (χ1n) is 30.4. The molecule has 0 saturated heterocycles. The molecule has 0 spiro atoms. The number of halogens is 2. The predicted molar refractivity (Wildman–Crippen MR) is 306 cm³/mol. The van der Waals surface area contributed by atoms with Crippen molar-refractivity contribution in [2.75, 3.05) is 18.2 Å². The second-order valence-corrected chi connectivity index (χ2v) is 27.2. The first-order valence-corrected chi connectivity index (χ1v) is 31.2. The summed E-state index contributed by atoms with van der Waals surface area (Å²) in [5.74, 6) is 5.35. The molecule has 2 aromatic rings. The summed E-state index contributed by atoms with van der Waals surface area (Å²) >= 11 is 2.52. The van der Waals surface area contributed by atoms with Gasteiger partial charge in [-0.2, -0.15) is 0 Å². The number of carboxylic acids is 1. The topological polar surface area (TPSA) is 172 Å². The molecule has 2 aromatic carbocycles. The molecule has 0 radical (unpaired) electrons. The number of alkyl halides is 2. The summed E-state index contributed by atoms with van der Waals surface area (Å²) in [6, 6.07) is 17.3. The van der Waals surface area contributed by atoms with Crippen molar-refractivity contribution in [1.82, 2.24) is 0 Å². The molecule has 0 aliphatic heterocycles. The van der Waals surface area contributed by atoms with Crippen LogP contribution in [0.3, 0.4) is 0 Å². The zero-order valence-corrected chi connectivity index (χ0v) is 54.1. The fourth-order valence-electron chi connectivity index (χ4n) is 19.2. The van der Waals surface area contributed by atoms with Crippen LogP contribution in [-0.4, -0.2) is 80.4 Å². The normalized spacial score (nSPS) is 38.7. The quantitative estimate of drug-likeness (QED) is 0.0367. The van der Waals surface area contributed by atoms with Gasteiger partial charge in [-0.15, -0.1) is 0 Å². The van der Waals surface area contributed by atoms with E-state index in [-0.39, 0.29) is 104 Å². The number of carbonyl (C=O) groups is 6. The van der Waals surface area contributed by atoms with E-state index < -0.39 is 13.1 Å². The first kappa shape index (κ1) is 65.1. The molecular weight excluding hydrogens is 1160 g/mol. The van der Waals surface area contributed by atoms with E-state index in [9.17, 15) is 38.3 Å². The predicted octanol–water partition coefficient (Wildman–Crippen LogP) is 9.66. The van der Waals surface area contributed by atoms with Crippen LogP contribution in [0.4, 0.5) is 4.39 Å². The van der Waals surface area contributed by atoms with Gasteiger partial charge in [0.15, 0.2) is 0 Å². The maximum Gasteiger partial charge on any atom is 1.00 e. The van der Waals surface area contributed by atoms with Crippen molar-refractivity contribution in [3.63, 3.8) is 0 Å². The third-order valence-electron chi connectivity index (χ3n) is 23.1. The number of hydrogen-bond donors (Lipinski definition) is 0. The number of benzene rings is 2. The molecule has 10 rings (SSSR count). The summed E-state index contributed by atoms with van der Waals surface area (Å²) in [6.07, 6.45) is 19.8. The van der Waals surface area contributed by atoms with E-state index >= 15 is 0 Å². The van der Waals surface area contributed by atoms with Gasteiger partial charge in [-0.25, -0.2) is 4.79 Å². The van der Waals surface area contributed by atoms with Crippen molar-refractivity contribution in [2.24, 2.45) is 92.7 Å². The molecule has 12 nitrogen and oxygen atoms in total. The van der Waals surface area contributed by atoms with Crippen LogP contribution in [-0.2, 0) is 42.9 Å². The summed E-state index contributed by atoms with van der Waals surface area (Å²) in [5.41, 5.74) is 1.89. The molecular formula is C65H91FIKO12. The van der Waals surface area contributed by atoms with Crippen molar-refractivity contribution in [3.8, 4) is 0 Å². The molecule has 438 valence electrons. The summed E-state index contributed by atoms with van der Waals surface area (Å²) in [4.78, 5) is 67.5. The Bertz CT molecular complexity index is 2340. The van der Waals surface area contributed by atoms with Gasteiger partial charge in [0.25, 0.3) is 25.9 Å². The van der Waals surface area contributed by atoms with E-state index in [2.05, 4.69) is 64.1 Å². The molecule has 0 heterocycles. The zero-order chi connectivity index (χ0) is 57.8. The van der Waals surface area contributed by atoms with Crippen LogP contribution in [0.2, 0.25) is 0 Å². The van der Waals surface area contributed by atoms with Crippen molar-refractivity contribution in [2.45, 2.75) is 182 Å². The number of carboxylic acid groups (broad SMARTS) is 1. The molecule has 8 fully saturated rings. The number of fused-ring (bicyclic) bond motifs is 10. The molecule has 0 amide bonds. The monoisotopic (exact) mass is 1250 g/mol. The summed E-state index contributed by atoms with van der Waals surface area (Å²) < 4.78 is 44.8. The van der Waals surface area contributed by atoms with Gasteiger partial charge in [-0.3, -0.25) is 23.6 Å². The average Bonchev–Trinajstić information content (AvgIpc) is 4.26. The molecule has 0 N–H and O–H groups in total. The maximum atomic E-state index is 12.4. The summed E-state index contributed by atoms with van der Waals surface area (Å²) in [6.45, 7) is 17.8. The van der Waals surface area contributed by atoms with Crippen LogP contribution in [0.25, 0.3) is 0 Å². The minimum Gasteiger partial charge on any atom is -0.545 e. The van der Waals surface area contributed by atoms with Crippen LogP contribution < -0.4 is 56.5 Å². The molecule has 8 aliphatic rings. The van der Waals surface area contributed by atoms with E-state index in [1.165, 1.54) is 67.9 Å². The standard InChI is InChI=1S/C32H44O6.C25H39IO4.C7H6O2.CH3F.K/c1-21(13-16-36-30(35)22-7-5-4-6-8-22)25-9-10-26-29-27(12-15-32(25,26)3)31(2)14-11-24(37-19-33)17-23(31)18-28(29)38-20-34;1-16(8-11-26)19-4-5-20-23-21(7-10-25(19,20)3)24(2)9-6-18(29-14-27)12-17(24)13-22(23)30-15-28;8-7(9)6-4-2-1-3-5-6;1-2;/h4-8,19-21,23-29H,9-18H2,1-3H3;14-23H,4-13H2,1-3H3;1-5H,(H,8,9);1H3;/q;;;;+1/p-1/t21-,23?,24-,25-,26?,27?,28-,29?,31+,32-;16-,17?,18-,19-,20?,21?,22-,23?,24+,25-;;;/m11.../s1/i;;;1D;. The van der Waals surface area contributed by atoms with Crippen molar-refractivity contribution < 1.29 is 115 Å². The molecule has 0 aromatic heterocycles. The Morgan fingerprint density at radius 3 is 1.38 bits per heavy atom. The van der Waals surface area contributed by atoms with Crippen molar-refractivity contribution in [1.29, 1.82) is 0 Å². The van der Waals surface area contributed by atoms with Crippen LogP contribution in [0, 0.1) is 92.7 Å². The Morgan fingerprint density at radius 1 is 0.600 bits per heavy atom. The molecule has 0 bridgehead atoms. The molecule has 80 heavy (non-hydrogen) atoms. The number of aromatic carboxylic acids is 1. The number of hydrogen-bond acceptors (Lipinski definition) is 12. The van der Waals surface area contributed by atoms with Crippen LogP contribution >= 0.6 is 22.6 Å². The molecule has 8 aliphatic carbocycles. The van der Waals surface area contributed by atoms with Crippen LogP contribution in [0.15, 0.2) is 60.7 Å². The number of ether oxygens (including phenoxy) is 5. The summed E-state index contributed by atoms with van der Waals surface area (Å²) in [7, 11) is -1.00. The molecule has 20 atom stereocenters. The van der Waals surface area contributed by atoms with E-state index in [4.69, 9.17) is 25.1 Å². The minimum absolute atomic E-state index is 0. The summed E-state index contributed by atoms with van der Waals surface area (Å²) in [5, 5.41) is 10.1. The molecule has 8 unspecified atom stereocenters. The van der Waals surface area contributed by atoms with Gasteiger partial charge in [0.1, 0.15) is 24.4 Å². The van der Waals surface area contributed by atoms with E-state index in [0.29, 0.717) is 103 Å². The minimum atomic E-state index is -1.13. The number of rotatable bonds is 17. The van der Waals surface area contributed by atoms with Gasteiger partial charge in [0.2, 0.25) is 0 Å². The molecule has 8 saturated carbocycles. The Hall–Kier alpha value is -2.44. The third-order valence-corrected chi connectivity index (χ3v) is 23.7. The van der Waals surface area contributed by atoms with E-state index in [1.54, 1.807) is 30.3 Å². The van der Waals surface area contributed by atoms with Crippen LogP contribution in [0.5, 0.6) is 0 Å². The third kappa shape index (κ3) is 14.1. The Labute approximate surface area is 534 Å². The smallest absolute Gasteiger partial charge is 0.545 e. The van der Waals surface area contributed by atoms with Crippen molar-refractivity contribution >= 4 is 60.4 Å². The largest absolute Gasteiger partial charge is 1.00 e. The zero-order valence-electron chi connectivity index (χ0n) is 49.8. The Kier molecular flexibility index (Phi) is 24.5. The maximum absolute atomic E-state index is 12.4. The van der Waals surface area contributed by atoms with Gasteiger partial charge >= 0.3 is 57.4 Å². The van der Waals surface area contributed by atoms with E-state index in [0.717, 1.165) is 76.0 Å². The van der Waals surface area contributed by atoms with Gasteiger partial charge in [-0.05, 0) is 219 Å².